The second kappa shape index (κ2) is 8.63. The predicted octanol–water partition coefficient (Wildman–Crippen LogP) is 4.52. The van der Waals surface area contributed by atoms with Crippen LogP contribution in [0.3, 0.4) is 0 Å². The van der Waals surface area contributed by atoms with E-state index in [4.69, 9.17) is 23.2 Å². The minimum Gasteiger partial charge on any atom is -0.351 e. The maximum atomic E-state index is 12.8. The number of halogens is 2. The largest absolute Gasteiger partial charge is 0.351 e. The van der Waals surface area contributed by atoms with Gasteiger partial charge in [0.05, 0.1) is 28.2 Å². The lowest BCUT2D eigenvalue weighted by atomic mass is 10.1. The van der Waals surface area contributed by atoms with Gasteiger partial charge in [-0.2, -0.15) is 5.10 Å². The first-order valence-corrected chi connectivity index (χ1v) is 10.2. The van der Waals surface area contributed by atoms with Crippen molar-refractivity contribution in [2.24, 2.45) is 0 Å². The topological polar surface area (TPSA) is 50.2 Å². The summed E-state index contributed by atoms with van der Waals surface area (Å²) < 4.78 is 1.79. The zero-order valence-electron chi connectivity index (χ0n) is 16.0. The molecule has 1 amide bonds. The molecule has 1 aliphatic carbocycles. The average Bonchev–Trinajstić information content (AvgIpc) is 3.37. The van der Waals surface area contributed by atoms with Crippen LogP contribution in [0.4, 0.5) is 0 Å². The van der Waals surface area contributed by atoms with Crippen molar-refractivity contribution in [2.45, 2.75) is 45.6 Å². The van der Waals surface area contributed by atoms with Gasteiger partial charge in [-0.15, -0.1) is 0 Å². The third kappa shape index (κ3) is 4.65. The zero-order valence-corrected chi connectivity index (χ0v) is 17.5. The molecule has 1 aromatic carbocycles. The number of hydrogen-bond acceptors (Lipinski definition) is 3. The Hall–Kier alpha value is -1.56. The highest BCUT2D eigenvalue weighted by molar-refractivity contribution is 6.35. The average molecular weight is 409 g/mol. The van der Waals surface area contributed by atoms with Crippen molar-refractivity contribution in [3.63, 3.8) is 0 Å². The lowest BCUT2D eigenvalue weighted by molar-refractivity contribution is 0.0945. The van der Waals surface area contributed by atoms with Crippen LogP contribution in [0.1, 0.15) is 55.6 Å². The molecule has 1 aromatic heterocycles. The lowest BCUT2D eigenvalue weighted by Crippen LogP contribution is -2.38. The van der Waals surface area contributed by atoms with E-state index in [-0.39, 0.29) is 5.91 Å². The summed E-state index contributed by atoms with van der Waals surface area (Å²) in [4.78, 5) is 15.1. The standard InChI is InChI=1S/C20H26Cl2N4O/c1-4-25(13(2)3)10-9-23-20(27)16-12-24-26(19(16)14-5-6-14)18-8-7-15(21)11-17(18)22/h7-8,11-14H,4-6,9-10H2,1-3H3,(H,23,27). The Morgan fingerprint density at radius 3 is 2.70 bits per heavy atom. The molecular formula is C20H26Cl2N4O. The van der Waals surface area contributed by atoms with Gasteiger partial charge in [-0.1, -0.05) is 30.1 Å². The predicted molar refractivity (Wildman–Crippen MR) is 110 cm³/mol. The quantitative estimate of drug-likeness (QED) is 0.698. The summed E-state index contributed by atoms with van der Waals surface area (Å²) in [7, 11) is 0. The minimum atomic E-state index is -0.0759. The smallest absolute Gasteiger partial charge is 0.254 e. The fraction of sp³-hybridized carbons (Fsp3) is 0.500. The lowest BCUT2D eigenvalue weighted by Gasteiger charge is -2.24. The number of hydrogen-bond donors (Lipinski definition) is 1. The first kappa shape index (κ1) is 20.2. The molecule has 1 aliphatic rings. The SMILES string of the molecule is CCN(CCNC(=O)c1cnn(-c2ccc(Cl)cc2Cl)c1C1CC1)C(C)C. The van der Waals surface area contributed by atoms with Crippen LogP contribution in [0, 0.1) is 0 Å². The molecule has 0 atom stereocenters. The van der Waals surface area contributed by atoms with Gasteiger partial charge in [0.15, 0.2) is 0 Å². The van der Waals surface area contributed by atoms with E-state index in [0.29, 0.717) is 34.1 Å². The molecule has 0 unspecified atom stereocenters. The van der Waals surface area contributed by atoms with Gasteiger partial charge in [-0.3, -0.25) is 9.69 Å². The highest BCUT2D eigenvalue weighted by Gasteiger charge is 2.33. The van der Waals surface area contributed by atoms with Crippen LogP contribution < -0.4 is 5.32 Å². The van der Waals surface area contributed by atoms with E-state index in [1.165, 1.54) is 0 Å². The number of rotatable bonds is 8. The zero-order chi connectivity index (χ0) is 19.6. The maximum absolute atomic E-state index is 12.8. The molecule has 0 saturated heterocycles. The van der Waals surface area contributed by atoms with E-state index in [2.05, 4.69) is 36.1 Å². The first-order valence-electron chi connectivity index (χ1n) is 9.48. The van der Waals surface area contributed by atoms with Gasteiger partial charge < -0.3 is 5.32 Å². The second-order valence-corrected chi connectivity index (χ2v) is 8.05. The molecule has 27 heavy (non-hydrogen) atoms. The van der Waals surface area contributed by atoms with Gasteiger partial charge in [0.2, 0.25) is 0 Å². The van der Waals surface area contributed by atoms with E-state index in [1.54, 1.807) is 23.0 Å². The van der Waals surface area contributed by atoms with Gasteiger partial charge in [0, 0.05) is 30.1 Å². The van der Waals surface area contributed by atoms with E-state index < -0.39 is 0 Å². The fourth-order valence-electron chi connectivity index (χ4n) is 3.32. The number of benzene rings is 1. The number of carbonyl (C=O) groups excluding carboxylic acids is 1. The molecule has 1 fully saturated rings. The molecule has 0 radical (unpaired) electrons. The summed E-state index contributed by atoms with van der Waals surface area (Å²) in [6.45, 7) is 8.87. The molecule has 1 N–H and O–H groups in total. The Morgan fingerprint density at radius 2 is 2.11 bits per heavy atom. The van der Waals surface area contributed by atoms with Crippen molar-refractivity contribution in [1.82, 2.24) is 20.0 Å². The molecule has 0 spiro atoms. The minimum absolute atomic E-state index is 0.0759. The van der Waals surface area contributed by atoms with Crippen molar-refractivity contribution in [2.75, 3.05) is 19.6 Å². The van der Waals surface area contributed by atoms with Crippen LogP contribution in [-0.4, -0.2) is 46.3 Å². The van der Waals surface area contributed by atoms with Crippen molar-refractivity contribution >= 4 is 29.1 Å². The normalized spacial score (nSPS) is 14.2. The molecule has 5 nitrogen and oxygen atoms in total. The molecule has 3 rings (SSSR count). The van der Waals surface area contributed by atoms with Crippen molar-refractivity contribution in [1.29, 1.82) is 0 Å². The van der Waals surface area contributed by atoms with Gasteiger partial charge in [-0.25, -0.2) is 4.68 Å². The summed E-state index contributed by atoms with van der Waals surface area (Å²) >= 11 is 12.4. The van der Waals surface area contributed by atoms with Crippen LogP contribution in [0.15, 0.2) is 24.4 Å². The number of nitrogens with zero attached hydrogens (tertiary/aromatic N) is 3. The summed E-state index contributed by atoms with van der Waals surface area (Å²) in [6.07, 6.45) is 3.77. The number of amides is 1. The molecular weight excluding hydrogens is 383 g/mol. The highest BCUT2D eigenvalue weighted by atomic mass is 35.5. The molecule has 2 aromatic rings. The van der Waals surface area contributed by atoms with E-state index in [0.717, 1.165) is 37.3 Å². The Bertz CT molecular complexity index is 814. The monoisotopic (exact) mass is 408 g/mol. The van der Waals surface area contributed by atoms with Crippen molar-refractivity contribution in [3.8, 4) is 5.69 Å². The van der Waals surface area contributed by atoms with Gasteiger partial charge in [-0.05, 0) is 51.4 Å². The first-order chi connectivity index (χ1) is 12.9. The Balaban J connectivity index is 1.78. The molecule has 1 heterocycles. The summed E-state index contributed by atoms with van der Waals surface area (Å²) in [5.41, 5.74) is 2.32. The Morgan fingerprint density at radius 1 is 1.37 bits per heavy atom. The van der Waals surface area contributed by atoms with Gasteiger partial charge in [0.1, 0.15) is 0 Å². The molecule has 0 bridgehead atoms. The fourth-order valence-corrected chi connectivity index (χ4v) is 3.81. The van der Waals surface area contributed by atoms with Crippen molar-refractivity contribution < 1.29 is 4.79 Å². The third-order valence-corrected chi connectivity index (χ3v) is 5.51. The van der Waals surface area contributed by atoms with E-state index in [1.807, 2.05) is 6.07 Å². The molecule has 7 heteroatoms. The van der Waals surface area contributed by atoms with Gasteiger partial charge in [0.25, 0.3) is 5.91 Å². The van der Waals surface area contributed by atoms with Crippen LogP contribution in [0.2, 0.25) is 10.0 Å². The number of nitrogens with one attached hydrogen (secondary N) is 1. The van der Waals surface area contributed by atoms with Crippen LogP contribution >= 0.6 is 23.2 Å². The van der Waals surface area contributed by atoms with E-state index in [9.17, 15) is 4.79 Å². The number of carbonyl (C=O) groups is 1. The summed E-state index contributed by atoms with van der Waals surface area (Å²) in [5, 5.41) is 8.61. The van der Waals surface area contributed by atoms with Gasteiger partial charge >= 0.3 is 0 Å². The third-order valence-electron chi connectivity index (χ3n) is 4.97. The Kier molecular flexibility index (Phi) is 6.45. The maximum Gasteiger partial charge on any atom is 0.254 e. The van der Waals surface area contributed by atoms with Crippen LogP contribution in [-0.2, 0) is 0 Å². The van der Waals surface area contributed by atoms with Crippen LogP contribution in [0.25, 0.3) is 5.69 Å². The highest BCUT2D eigenvalue weighted by Crippen LogP contribution is 2.43. The second-order valence-electron chi connectivity index (χ2n) is 7.20. The molecule has 0 aliphatic heterocycles. The number of likely N-dealkylation sites (N-methyl/N-ethyl adjacent to an activating group) is 1. The van der Waals surface area contributed by atoms with Crippen molar-refractivity contribution in [3.05, 3.63) is 45.7 Å². The Labute approximate surface area is 170 Å². The van der Waals surface area contributed by atoms with E-state index >= 15 is 0 Å². The summed E-state index contributed by atoms with van der Waals surface area (Å²) in [6, 6.07) is 5.78. The molecule has 146 valence electrons. The summed E-state index contributed by atoms with van der Waals surface area (Å²) in [5.74, 6) is 0.274. The number of aromatic nitrogens is 2. The van der Waals surface area contributed by atoms with Crippen LogP contribution in [0.5, 0.6) is 0 Å². The molecule has 1 saturated carbocycles.